The van der Waals surface area contributed by atoms with Gasteiger partial charge in [-0.2, -0.15) is 0 Å². The lowest BCUT2D eigenvalue weighted by Crippen LogP contribution is -2.39. The van der Waals surface area contributed by atoms with Crippen LogP contribution in [0.3, 0.4) is 0 Å². The van der Waals surface area contributed by atoms with Crippen LogP contribution in [0, 0.1) is 25.5 Å². The third-order valence-electron chi connectivity index (χ3n) is 3.95. The fourth-order valence-corrected chi connectivity index (χ4v) is 2.53. The Morgan fingerprint density at radius 1 is 1.27 bits per heavy atom. The monoisotopic (exact) mass is 478 g/mol. The summed E-state index contributed by atoms with van der Waals surface area (Å²) in [6, 6.07) is 3.67. The van der Waals surface area contributed by atoms with Crippen molar-refractivity contribution in [1.82, 2.24) is 15.8 Å². The van der Waals surface area contributed by atoms with Gasteiger partial charge in [-0.25, -0.2) is 8.78 Å². The lowest BCUT2D eigenvalue weighted by Gasteiger charge is -2.18. The molecule has 0 saturated heterocycles. The van der Waals surface area contributed by atoms with Crippen molar-refractivity contribution in [3.8, 4) is 0 Å². The van der Waals surface area contributed by atoms with Crippen LogP contribution in [-0.4, -0.2) is 24.2 Å². The van der Waals surface area contributed by atoms with Crippen LogP contribution in [0.15, 0.2) is 27.7 Å². The van der Waals surface area contributed by atoms with E-state index in [0.717, 1.165) is 29.5 Å². The Morgan fingerprint density at radius 3 is 2.58 bits per heavy atom. The van der Waals surface area contributed by atoms with Gasteiger partial charge in [-0.05, 0) is 51.8 Å². The van der Waals surface area contributed by atoms with Crippen LogP contribution in [0.2, 0.25) is 0 Å². The van der Waals surface area contributed by atoms with Crippen molar-refractivity contribution >= 4 is 29.9 Å². The number of aryl methyl sites for hydroxylation is 2. The Morgan fingerprint density at radius 2 is 2.00 bits per heavy atom. The molecule has 1 aromatic heterocycles. The van der Waals surface area contributed by atoms with Crippen LogP contribution < -0.4 is 10.6 Å². The Bertz CT molecular complexity index is 729. The van der Waals surface area contributed by atoms with Gasteiger partial charge in [0.15, 0.2) is 17.6 Å². The van der Waals surface area contributed by atoms with Crippen molar-refractivity contribution in [3.63, 3.8) is 0 Å². The van der Waals surface area contributed by atoms with Gasteiger partial charge in [0.25, 0.3) is 0 Å². The normalized spacial score (nSPS) is 12.5. The quantitative estimate of drug-likeness (QED) is 0.374. The molecule has 1 aromatic carbocycles. The molecule has 2 aromatic rings. The van der Waals surface area contributed by atoms with Gasteiger partial charge < -0.3 is 15.2 Å². The first-order valence-corrected chi connectivity index (χ1v) is 8.34. The maximum Gasteiger partial charge on any atom is 0.191 e. The number of nitrogens with zero attached hydrogens (tertiary/aromatic N) is 2. The minimum Gasteiger partial charge on any atom is -0.361 e. The highest BCUT2D eigenvalue weighted by molar-refractivity contribution is 14.0. The summed E-state index contributed by atoms with van der Waals surface area (Å²) < 4.78 is 31.6. The van der Waals surface area contributed by atoms with Crippen molar-refractivity contribution in [1.29, 1.82) is 0 Å². The molecule has 0 amide bonds. The van der Waals surface area contributed by atoms with Crippen LogP contribution in [0.1, 0.15) is 42.5 Å². The molecule has 0 aliphatic carbocycles. The minimum atomic E-state index is -0.855. The number of halogens is 3. The highest BCUT2D eigenvalue weighted by Crippen LogP contribution is 2.16. The van der Waals surface area contributed by atoms with Gasteiger partial charge in [-0.1, -0.05) is 11.2 Å². The molecular formula is C18H25F2IN4O. The predicted molar refractivity (Wildman–Crippen MR) is 109 cm³/mol. The molecule has 0 saturated carbocycles. The standard InChI is InChI=1S/C18H24F2N4O.HI/c1-5-21-18(22-9-8-15-12(3)24-25-13(15)4)23-11(2)14-6-7-16(19)17(20)10-14;/h6-7,10-11H,5,8-9H2,1-4H3,(H2,21,22,23);1H. The SMILES string of the molecule is CCNC(=NCCc1c(C)noc1C)NC(C)c1ccc(F)c(F)c1.I. The highest BCUT2D eigenvalue weighted by Gasteiger charge is 2.12. The Labute approximate surface area is 169 Å². The van der Waals surface area contributed by atoms with E-state index in [1.807, 2.05) is 27.7 Å². The second kappa shape index (κ2) is 10.4. The van der Waals surface area contributed by atoms with E-state index in [4.69, 9.17) is 4.52 Å². The first-order chi connectivity index (χ1) is 11.9. The van der Waals surface area contributed by atoms with E-state index in [2.05, 4.69) is 20.8 Å². The molecule has 0 spiro atoms. The molecule has 5 nitrogen and oxygen atoms in total. The van der Waals surface area contributed by atoms with E-state index < -0.39 is 11.6 Å². The van der Waals surface area contributed by atoms with Gasteiger partial charge in [-0.3, -0.25) is 4.99 Å². The van der Waals surface area contributed by atoms with Crippen LogP contribution >= 0.6 is 24.0 Å². The average molecular weight is 478 g/mol. The number of aromatic nitrogens is 1. The van der Waals surface area contributed by atoms with Crippen molar-refractivity contribution in [3.05, 3.63) is 52.4 Å². The van der Waals surface area contributed by atoms with Crippen molar-refractivity contribution in [2.24, 2.45) is 4.99 Å². The fourth-order valence-electron chi connectivity index (χ4n) is 2.53. The molecule has 1 heterocycles. The molecule has 0 bridgehead atoms. The van der Waals surface area contributed by atoms with Crippen molar-refractivity contribution < 1.29 is 13.3 Å². The summed E-state index contributed by atoms with van der Waals surface area (Å²) in [5.74, 6) is -0.283. The zero-order chi connectivity index (χ0) is 18.4. The number of aliphatic imine (C=N–C) groups is 1. The van der Waals surface area contributed by atoms with E-state index in [1.165, 1.54) is 6.07 Å². The molecule has 144 valence electrons. The molecule has 1 unspecified atom stereocenters. The third-order valence-corrected chi connectivity index (χ3v) is 3.95. The molecule has 2 rings (SSSR count). The second-order valence-electron chi connectivity index (χ2n) is 5.85. The molecule has 0 aliphatic heterocycles. The maximum absolute atomic E-state index is 13.4. The van der Waals surface area contributed by atoms with E-state index in [-0.39, 0.29) is 30.0 Å². The summed E-state index contributed by atoms with van der Waals surface area (Å²) in [7, 11) is 0. The number of rotatable bonds is 6. The summed E-state index contributed by atoms with van der Waals surface area (Å²) in [6.07, 6.45) is 0.720. The summed E-state index contributed by atoms with van der Waals surface area (Å²) >= 11 is 0. The van der Waals surface area contributed by atoms with E-state index >= 15 is 0 Å². The van der Waals surface area contributed by atoms with E-state index in [9.17, 15) is 8.78 Å². The van der Waals surface area contributed by atoms with E-state index in [0.29, 0.717) is 24.6 Å². The zero-order valence-corrected chi connectivity index (χ0v) is 17.7. The fraction of sp³-hybridized carbons (Fsp3) is 0.444. The molecule has 0 fully saturated rings. The zero-order valence-electron chi connectivity index (χ0n) is 15.4. The number of hydrogen-bond acceptors (Lipinski definition) is 3. The lowest BCUT2D eigenvalue weighted by molar-refractivity contribution is 0.392. The van der Waals surface area contributed by atoms with Gasteiger partial charge in [0, 0.05) is 18.7 Å². The van der Waals surface area contributed by atoms with Crippen molar-refractivity contribution in [2.45, 2.75) is 40.2 Å². The summed E-state index contributed by atoms with van der Waals surface area (Å²) in [5, 5.41) is 10.3. The molecule has 2 N–H and O–H groups in total. The number of nitrogens with one attached hydrogen (secondary N) is 2. The Balaban J connectivity index is 0.00000338. The molecule has 8 heteroatoms. The Kier molecular flexibility index (Phi) is 8.97. The summed E-state index contributed by atoms with van der Waals surface area (Å²) in [6.45, 7) is 8.88. The van der Waals surface area contributed by atoms with Crippen LogP contribution in [0.5, 0.6) is 0 Å². The largest absolute Gasteiger partial charge is 0.361 e. The number of benzene rings is 1. The van der Waals surface area contributed by atoms with Gasteiger partial charge in [-0.15, -0.1) is 24.0 Å². The van der Waals surface area contributed by atoms with Crippen molar-refractivity contribution in [2.75, 3.05) is 13.1 Å². The highest BCUT2D eigenvalue weighted by atomic mass is 127. The Hall–Kier alpha value is -1.71. The molecule has 0 radical (unpaired) electrons. The van der Waals surface area contributed by atoms with E-state index in [1.54, 1.807) is 6.07 Å². The smallest absolute Gasteiger partial charge is 0.191 e. The van der Waals surface area contributed by atoms with Crippen LogP contribution in [0.25, 0.3) is 0 Å². The number of hydrogen-bond donors (Lipinski definition) is 2. The average Bonchev–Trinajstić information content (AvgIpc) is 2.89. The van der Waals surface area contributed by atoms with Gasteiger partial charge >= 0.3 is 0 Å². The first kappa shape index (κ1) is 22.3. The molecule has 0 aliphatic rings. The molecule has 1 atom stereocenters. The topological polar surface area (TPSA) is 62.5 Å². The van der Waals surface area contributed by atoms with Crippen LogP contribution in [0.4, 0.5) is 8.78 Å². The van der Waals surface area contributed by atoms with Gasteiger partial charge in [0.05, 0.1) is 11.7 Å². The minimum absolute atomic E-state index is 0. The summed E-state index contributed by atoms with van der Waals surface area (Å²) in [4.78, 5) is 4.53. The van der Waals surface area contributed by atoms with Crippen LogP contribution in [-0.2, 0) is 6.42 Å². The van der Waals surface area contributed by atoms with Gasteiger partial charge in [0.2, 0.25) is 0 Å². The molecule has 26 heavy (non-hydrogen) atoms. The van der Waals surface area contributed by atoms with Gasteiger partial charge in [0.1, 0.15) is 5.76 Å². The first-order valence-electron chi connectivity index (χ1n) is 8.34. The lowest BCUT2D eigenvalue weighted by atomic mass is 10.1. The molecular weight excluding hydrogens is 453 g/mol. The number of guanidine groups is 1. The summed E-state index contributed by atoms with van der Waals surface area (Å²) in [5.41, 5.74) is 2.59. The third kappa shape index (κ3) is 5.93. The second-order valence-corrected chi connectivity index (χ2v) is 5.85. The predicted octanol–water partition coefficient (Wildman–Crippen LogP) is 4.05. The maximum atomic E-state index is 13.4.